The molecule has 0 aliphatic heterocycles. The van der Waals surface area contributed by atoms with Crippen LogP contribution in [0, 0.1) is 5.82 Å². The summed E-state index contributed by atoms with van der Waals surface area (Å²) in [6, 6.07) is 14.0. The van der Waals surface area contributed by atoms with Crippen LogP contribution in [0.5, 0.6) is 5.75 Å². The van der Waals surface area contributed by atoms with Crippen molar-refractivity contribution in [2.24, 2.45) is 0 Å². The Morgan fingerprint density at radius 2 is 1.68 bits per heavy atom. The van der Waals surface area contributed by atoms with Gasteiger partial charge >= 0.3 is 0 Å². The van der Waals surface area contributed by atoms with E-state index in [0.717, 1.165) is 28.5 Å². The highest BCUT2D eigenvalue weighted by molar-refractivity contribution is 7.98. The molecule has 2 N–H and O–H groups in total. The SMILES string of the molecule is Nc1ccc(OCCSCc2ccc(F)cc2)cc1. The van der Waals surface area contributed by atoms with Gasteiger partial charge in [-0.1, -0.05) is 12.1 Å². The van der Waals surface area contributed by atoms with Crippen LogP contribution >= 0.6 is 11.8 Å². The molecule has 2 nitrogen and oxygen atoms in total. The Kier molecular flexibility index (Phi) is 5.10. The molecule has 0 spiro atoms. The van der Waals surface area contributed by atoms with Crippen molar-refractivity contribution in [3.05, 3.63) is 59.9 Å². The van der Waals surface area contributed by atoms with E-state index in [4.69, 9.17) is 10.5 Å². The van der Waals surface area contributed by atoms with E-state index in [1.807, 2.05) is 36.4 Å². The minimum absolute atomic E-state index is 0.194. The summed E-state index contributed by atoms with van der Waals surface area (Å²) in [4.78, 5) is 0. The molecular weight excluding hydrogens is 261 g/mol. The Bertz CT molecular complexity index is 451. The number of hydrogen-bond donors (Lipinski definition) is 1. The zero-order chi connectivity index (χ0) is 13.5. The lowest BCUT2D eigenvalue weighted by Crippen LogP contribution is -2.00. The van der Waals surface area contributed by atoms with Crippen molar-refractivity contribution in [3.63, 3.8) is 0 Å². The molecule has 0 aliphatic rings. The summed E-state index contributed by atoms with van der Waals surface area (Å²) < 4.78 is 18.3. The fourth-order valence-electron chi connectivity index (χ4n) is 1.55. The number of benzene rings is 2. The average Bonchev–Trinajstić information content (AvgIpc) is 2.43. The molecule has 100 valence electrons. The van der Waals surface area contributed by atoms with Crippen LogP contribution in [0.3, 0.4) is 0 Å². The van der Waals surface area contributed by atoms with Crippen LogP contribution < -0.4 is 10.5 Å². The Hall–Kier alpha value is -1.68. The van der Waals surface area contributed by atoms with Gasteiger partial charge in [0.2, 0.25) is 0 Å². The van der Waals surface area contributed by atoms with Crippen LogP contribution in [-0.4, -0.2) is 12.4 Å². The quantitative estimate of drug-likeness (QED) is 0.645. The molecule has 0 bridgehead atoms. The van der Waals surface area contributed by atoms with E-state index in [1.165, 1.54) is 12.1 Å². The number of thioether (sulfide) groups is 1. The van der Waals surface area contributed by atoms with E-state index in [2.05, 4.69) is 0 Å². The first kappa shape index (κ1) is 13.7. The van der Waals surface area contributed by atoms with Crippen molar-refractivity contribution in [2.75, 3.05) is 18.1 Å². The van der Waals surface area contributed by atoms with Crippen LogP contribution in [0.15, 0.2) is 48.5 Å². The van der Waals surface area contributed by atoms with Crippen LogP contribution in [0.2, 0.25) is 0 Å². The van der Waals surface area contributed by atoms with Crippen LogP contribution in [0.4, 0.5) is 10.1 Å². The van der Waals surface area contributed by atoms with E-state index in [9.17, 15) is 4.39 Å². The summed E-state index contributed by atoms with van der Waals surface area (Å²) in [5.74, 6) is 2.39. The maximum absolute atomic E-state index is 12.7. The maximum atomic E-state index is 12.7. The zero-order valence-electron chi connectivity index (χ0n) is 10.5. The molecular formula is C15H16FNOS. The third kappa shape index (κ3) is 4.83. The predicted octanol–water partition coefficient (Wildman–Crippen LogP) is 3.72. The highest BCUT2D eigenvalue weighted by Crippen LogP contribution is 2.15. The molecule has 0 amide bonds. The number of ether oxygens (including phenoxy) is 1. The van der Waals surface area contributed by atoms with E-state index in [0.29, 0.717) is 6.61 Å². The second kappa shape index (κ2) is 7.04. The fraction of sp³-hybridized carbons (Fsp3) is 0.200. The standard InChI is InChI=1S/C15H16FNOS/c16-13-3-1-12(2-4-13)11-19-10-9-18-15-7-5-14(17)6-8-15/h1-8H,9-11,17H2. The second-order valence-corrected chi connectivity index (χ2v) is 5.20. The Morgan fingerprint density at radius 1 is 1.00 bits per heavy atom. The van der Waals surface area contributed by atoms with Crippen molar-refractivity contribution in [2.45, 2.75) is 5.75 Å². The molecule has 0 heterocycles. The third-order valence-electron chi connectivity index (χ3n) is 2.56. The molecule has 2 rings (SSSR count). The van der Waals surface area contributed by atoms with Gasteiger partial charge in [0.1, 0.15) is 11.6 Å². The molecule has 0 fully saturated rings. The summed E-state index contributed by atoms with van der Waals surface area (Å²) in [6.07, 6.45) is 0. The minimum Gasteiger partial charge on any atom is -0.493 e. The fourth-order valence-corrected chi connectivity index (χ4v) is 2.33. The summed E-state index contributed by atoms with van der Waals surface area (Å²) in [5.41, 5.74) is 7.45. The molecule has 2 aromatic rings. The van der Waals surface area contributed by atoms with Crippen molar-refractivity contribution in [3.8, 4) is 5.75 Å². The molecule has 0 aliphatic carbocycles. The third-order valence-corrected chi connectivity index (χ3v) is 3.55. The number of halogens is 1. The van der Waals surface area contributed by atoms with E-state index < -0.39 is 0 Å². The van der Waals surface area contributed by atoms with Crippen LogP contribution in [0.1, 0.15) is 5.56 Å². The first-order valence-electron chi connectivity index (χ1n) is 6.04. The van der Waals surface area contributed by atoms with Crippen molar-refractivity contribution in [1.82, 2.24) is 0 Å². The number of anilines is 1. The molecule has 0 radical (unpaired) electrons. The van der Waals surface area contributed by atoms with E-state index >= 15 is 0 Å². The van der Waals surface area contributed by atoms with Crippen molar-refractivity contribution < 1.29 is 9.13 Å². The summed E-state index contributed by atoms with van der Waals surface area (Å²) in [5, 5.41) is 0. The lowest BCUT2D eigenvalue weighted by atomic mass is 10.2. The van der Waals surface area contributed by atoms with Gasteiger partial charge in [-0.2, -0.15) is 11.8 Å². The molecule has 0 unspecified atom stereocenters. The molecule has 0 atom stereocenters. The normalized spacial score (nSPS) is 10.4. The second-order valence-electron chi connectivity index (χ2n) is 4.10. The molecule has 0 aromatic heterocycles. The van der Waals surface area contributed by atoms with Gasteiger partial charge in [0.05, 0.1) is 6.61 Å². The Morgan fingerprint density at radius 3 is 2.37 bits per heavy atom. The average molecular weight is 277 g/mol. The monoisotopic (exact) mass is 277 g/mol. The molecule has 0 saturated carbocycles. The summed E-state index contributed by atoms with van der Waals surface area (Å²) >= 11 is 1.76. The molecule has 0 saturated heterocycles. The summed E-state index contributed by atoms with van der Waals surface area (Å²) in [7, 11) is 0. The Labute approximate surface area is 116 Å². The lowest BCUT2D eigenvalue weighted by Gasteiger charge is -2.06. The smallest absolute Gasteiger partial charge is 0.123 e. The van der Waals surface area contributed by atoms with Crippen molar-refractivity contribution in [1.29, 1.82) is 0 Å². The molecule has 4 heteroatoms. The topological polar surface area (TPSA) is 35.2 Å². The first-order valence-corrected chi connectivity index (χ1v) is 7.20. The summed E-state index contributed by atoms with van der Waals surface area (Å²) in [6.45, 7) is 0.649. The highest BCUT2D eigenvalue weighted by Gasteiger charge is 1.96. The van der Waals surface area contributed by atoms with Crippen molar-refractivity contribution >= 4 is 17.4 Å². The highest BCUT2D eigenvalue weighted by atomic mass is 32.2. The van der Waals surface area contributed by atoms with Gasteiger partial charge in [0, 0.05) is 17.2 Å². The first-order chi connectivity index (χ1) is 9.24. The maximum Gasteiger partial charge on any atom is 0.123 e. The van der Waals surface area contributed by atoms with Crippen LogP contribution in [0.25, 0.3) is 0 Å². The van der Waals surface area contributed by atoms with Crippen LogP contribution in [-0.2, 0) is 5.75 Å². The number of nitrogens with two attached hydrogens (primary N) is 1. The van der Waals surface area contributed by atoms with E-state index in [1.54, 1.807) is 11.8 Å². The Balaban J connectivity index is 1.64. The van der Waals surface area contributed by atoms with Gasteiger partial charge in [-0.15, -0.1) is 0 Å². The van der Waals surface area contributed by atoms with Gasteiger partial charge in [-0.3, -0.25) is 0 Å². The van der Waals surface area contributed by atoms with Gasteiger partial charge in [-0.05, 0) is 42.0 Å². The van der Waals surface area contributed by atoms with Gasteiger partial charge in [0.25, 0.3) is 0 Å². The number of nitrogen functional groups attached to an aromatic ring is 1. The van der Waals surface area contributed by atoms with E-state index in [-0.39, 0.29) is 5.82 Å². The lowest BCUT2D eigenvalue weighted by molar-refractivity contribution is 0.344. The van der Waals surface area contributed by atoms with Gasteiger partial charge < -0.3 is 10.5 Å². The van der Waals surface area contributed by atoms with Gasteiger partial charge in [-0.25, -0.2) is 4.39 Å². The molecule has 19 heavy (non-hydrogen) atoms. The minimum atomic E-state index is -0.194. The molecule has 2 aromatic carbocycles. The predicted molar refractivity (Wildman–Crippen MR) is 78.9 cm³/mol. The number of hydrogen-bond acceptors (Lipinski definition) is 3. The largest absolute Gasteiger partial charge is 0.493 e. The number of rotatable bonds is 6. The van der Waals surface area contributed by atoms with Gasteiger partial charge in [0.15, 0.2) is 0 Å². The zero-order valence-corrected chi connectivity index (χ0v) is 11.3.